The number of rotatable bonds is 6. The average Bonchev–Trinajstić information content (AvgIpc) is 3.77. The Morgan fingerprint density at radius 3 is 0.600 bits per heavy atom. The summed E-state index contributed by atoms with van der Waals surface area (Å²) >= 11 is -1.48. The quantitative estimate of drug-likeness (QED) is 0.146. The van der Waals surface area contributed by atoms with Crippen LogP contribution in [0.4, 0.5) is 0 Å². The molecule has 0 aromatic carbocycles. The van der Waals surface area contributed by atoms with E-state index in [1.807, 2.05) is 0 Å². The standard InChI is InChI=1S/2C15H27P.C2H3.2CH3.CH2.2ClH.Ru/c2*1-2-8-13(7-1)16(14-9-3-4-10-14)15-11-5-6-12-15;1-2;;;;;;/h2*13-15H,1-12H2;1H,2H2;2*1H3;1H2;2*1H;/q;;3*-1;;;;+2. The van der Waals surface area contributed by atoms with Crippen molar-refractivity contribution in [3.05, 3.63) is 28.0 Å². The first-order chi connectivity index (χ1) is 18.6. The Kier molecular flexibility index (Phi) is 22.9. The minimum absolute atomic E-state index is 0. The van der Waals surface area contributed by atoms with Crippen LogP contribution in [0.2, 0.25) is 0 Å². The van der Waals surface area contributed by atoms with Crippen LogP contribution < -0.4 is 0 Å². The maximum Gasteiger partial charge on any atom is -0.358 e. The third-order valence-electron chi connectivity index (χ3n) is 11.0. The molecule has 0 amide bonds. The number of halogens is 2. The van der Waals surface area contributed by atoms with E-state index in [0.717, 1.165) is 0 Å². The van der Waals surface area contributed by atoms with Crippen molar-refractivity contribution in [2.24, 2.45) is 0 Å². The predicted molar refractivity (Wildman–Crippen MR) is 192 cm³/mol. The second-order valence-electron chi connectivity index (χ2n) is 13.1. The van der Waals surface area contributed by atoms with Gasteiger partial charge in [-0.3, -0.25) is 6.58 Å². The van der Waals surface area contributed by atoms with Gasteiger partial charge < -0.3 is 21.4 Å². The van der Waals surface area contributed by atoms with E-state index in [1.54, 1.807) is 154 Å². The molecule has 0 radical (unpaired) electrons. The van der Waals surface area contributed by atoms with E-state index in [2.05, 4.69) is 18.3 Å². The Labute approximate surface area is 268 Å². The Morgan fingerprint density at radius 1 is 0.400 bits per heavy atom. The minimum Gasteiger partial charge on any atom is -0.358 e. The number of hydrogen-bond acceptors (Lipinski definition) is 0. The molecule has 0 unspecified atom stereocenters. The maximum absolute atomic E-state index is 5.07. The molecule has 0 aromatic rings. The normalized spacial score (nSPS) is 25.1. The first kappa shape index (κ1) is 39.7. The van der Waals surface area contributed by atoms with Gasteiger partial charge >= 0.3 is 38.0 Å². The zero-order valence-electron chi connectivity index (χ0n) is 26.5. The molecular weight excluding hydrogens is 654 g/mol. The SMILES string of the molecule is C1CCC([PH+](C2CCCC2)C2CCCC2)C1.C1CCC([PH+](C2CCCC2)C2CCCC2)C1.[CH-]=C.[CH2]=[Ru]([Cl])[Cl].[CH3-].[CH3-]. The molecule has 240 valence electrons. The van der Waals surface area contributed by atoms with E-state index >= 15 is 0 Å². The summed E-state index contributed by atoms with van der Waals surface area (Å²) in [6.07, 6.45) is 38.3. The van der Waals surface area contributed by atoms with Crippen molar-refractivity contribution in [2.45, 2.75) is 188 Å². The molecule has 6 rings (SSSR count). The van der Waals surface area contributed by atoms with E-state index in [1.165, 1.54) is 34.0 Å². The molecule has 40 heavy (non-hydrogen) atoms. The smallest absolute Gasteiger partial charge is 0.358 e. The largest absolute Gasteiger partial charge is 0.358 e. The Bertz CT molecular complexity index is 497. The molecule has 6 fully saturated rings. The van der Waals surface area contributed by atoms with E-state index < -0.39 is 13.5 Å². The summed E-state index contributed by atoms with van der Waals surface area (Å²) in [7, 11) is 10.2. The van der Waals surface area contributed by atoms with Crippen LogP contribution >= 0.6 is 35.2 Å². The predicted octanol–water partition coefficient (Wildman–Crippen LogP) is 12.9. The molecule has 0 bridgehead atoms. The molecular formula is C35H67Cl2P2Ru-. The van der Waals surface area contributed by atoms with Crippen molar-refractivity contribution in [3.8, 4) is 0 Å². The first-order valence-electron chi connectivity index (χ1n) is 16.6. The van der Waals surface area contributed by atoms with Gasteiger partial charge in [-0.15, -0.1) is 0 Å². The van der Waals surface area contributed by atoms with Crippen molar-refractivity contribution in [1.82, 2.24) is 0 Å². The molecule has 0 atom stereocenters. The van der Waals surface area contributed by atoms with E-state index in [-0.39, 0.29) is 30.7 Å². The fourth-order valence-corrected chi connectivity index (χ4v) is 20.0. The van der Waals surface area contributed by atoms with Crippen molar-refractivity contribution >= 4 is 40.3 Å². The fourth-order valence-electron chi connectivity index (χ4n) is 9.55. The monoisotopic (exact) mass is 721 g/mol. The van der Waals surface area contributed by atoms with Crippen LogP contribution in [0, 0.1) is 21.4 Å². The first-order valence-corrected chi connectivity index (χ1v) is 25.7. The Morgan fingerprint density at radius 2 is 0.500 bits per heavy atom. The van der Waals surface area contributed by atoms with Gasteiger partial charge in [-0.05, 0) is 154 Å². The van der Waals surface area contributed by atoms with Crippen LogP contribution in [-0.4, -0.2) is 39.1 Å². The molecule has 0 saturated heterocycles. The van der Waals surface area contributed by atoms with Gasteiger partial charge in [-0.25, -0.2) is 0 Å². The summed E-state index contributed by atoms with van der Waals surface area (Å²) in [5.74, 6) is 0. The summed E-state index contributed by atoms with van der Waals surface area (Å²) in [6.45, 7) is 7.00. The van der Waals surface area contributed by atoms with Crippen LogP contribution in [-0.2, 0) is 13.5 Å². The zero-order chi connectivity index (χ0) is 27.2. The fraction of sp³-hybridized carbons (Fsp3) is 0.857. The van der Waals surface area contributed by atoms with Crippen molar-refractivity contribution in [2.75, 3.05) is 0 Å². The van der Waals surface area contributed by atoms with Gasteiger partial charge in [-0.1, -0.05) is 0 Å². The van der Waals surface area contributed by atoms with Crippen molar-refractivity contribution < 1.29 is 13.5 Å². The third-order valence-corrected chi connectivity index (χ3v) is 20.1. The van der Waals surface area contributed by atoms with E-state index in [4.69, 9.17) is 19.4 Å². The van der Waals surface area contributed by atoms with Gasteiger partial charge in [0.1, 0.15) is 0 Å². The van der Waals surface area contributed by atoms with Crippen LogP contribution in [0.1, 0.15) is 154 Å². The summed E-state index contributed by atoms with van der Waals surface area (Å²) in [4.78, 5) is 0. The molecule has 6 aliphatic rings. The Hall–Kier alpha value is 1.67. The summed E-state index contributed by atoms with van der Waals surface area (Å²) in [6, 6.07) is 0. The molecule has 0 aliphatic heterocycles. The zero-order valence-corrected chi connectivity index (χ0v) is 31.8. The summed E-state index contributed by atoms with van der Waals surface area (Å²) in [5, 5.41) is 3.31. The van der Waals surface area contributed by atoms with Gasteiger partial charge in [-0.2, -0.15) is 0 Å². The summed E-state index contributed by atoms with van der Waals surface area (Å²) in [5.41, 5.74) is 7.48. The minimum atomic E-state index is -1.48. The number of hydrogen-bond donors (Lipinski definition) is 0. The average molecular weight is 722 g/mol. The van der Waals surface area contributed by atoms with Gasteiger partial charge in [0, 0.05) is 15.8 Å². The topological polar surface area (TPSA) is 0 Å². The third kappa shape index (κ3) is 13.0. The second-order valence-corrected chi connectivity index (χ2v) is 25.8. The van der Waals surface area contributed by atoms with Gasteiger partial charge in [0.25, 0.3) is 0 Å². The molecule has 5 heteroatoms. The van der Waals surface area contributed by atoms with Crippen LogP contribution in [0.5, 0.6) is 0 Å². The van der Waals surface area contributed by atoms with Crippen molar-refractivity contribution in [1.29, 1.82) is 0 Å². The van der Waals surface area contributed by atoms with E-state index in [0.29, 0.717) is 0 Å². The molecule has 0 heterocycles. The van der Waals surface area contributed by atoms with Crippen LogP contribution in [0.15, 0.2) is 6.58 Å². The maximum atomic E-state index is 5.07. The molecule has 6 saturated carbocycles. The molecule has 0 N–H and O–H groups in total. The van der Waals surface area contributed by atoms with E-state index in [9.17, 15) is 0 Å². The molecule has 0 spiro atoms. The summed E-state index contributed by atoms with van der Waals surface area (Å²) < 4.78 is 0. The molecule has 6 aliphatic carbocycles. The molecule has 0 aromatic heterocycles. The van der Waals surface area contributed by atoms with Gasteiger partial charge in [0.15, 0.2) is 0 Å². The molecule has 0 nitrogen and oxygen atoms in total. The van der Waals surface area contributed by atoms with Gasteiger partial charge in [0.2, 0.25) is 0 Å². The van der Waals surface area contributed by atoms with Crippen LogP contribution in [0.3, 0.4) is 0 Å². The Balaban J connectivity index is 0.000000322. The second kappa shape index (κ2) is 23.1. The van der Waals surface area contributed by atoms with Crippen molar-refractivity contribution in [3.63, 3.8) is 0 Å². The van der Waals surface area contributed by atoms with Gasteiger partial charge in [0.05, 0.1) is 34.0 Å². The van der Waals surface area contributed by atoms with Crippen LogP contribution in [0.25, 0.3) is 0 Å².